The zero-order valence-electron chi connectivity index (χ0n) is 7.54. The van der Waals surface area contributed by atoms with Crippen LogP contribution in [0.15, 0.2) is 12.8 Å². The van der Waals surface area contributed by atoms with Crippen molar-refractivity contribution in [1.82, 2.24) is 0 Å². The van der Waals surface area contributed by atoms with E-state index >= 15 is 0 Å². The Hall–Kier alpha value is 0.240. The molecule has 0 aliphatic carbocycles. The van der Waals surface area contributed by atoms with Gasteiger partial charge in [0.1, 0.15) is 0 Å². The Morgan fingerprint density at radius 3 is 3.00 bits per heavy atom. The highest BCUT2D eigenvalue weighted by Gasteiger charge is 2.27. The lowest BCUT2D eigenvalue weighted by molar-refractivity contribution is 0.236. The average Bonchev–Trinajstić information content (AvgIpc) is 2.06. The topological polar surface area (TPSA) is 9.23 Å². The Bertz CT molecular complexity index is 141. The lowest BCUT2D eigenvalue weighted by Crippen LogP contribution is -2.29. The van der Waals surface area contributed by atoms with Gasteiger partial charge in [-0.05, 0) is 13.3 Å². The molecule has 0 N–H and O–H groups in total. The Kier molecular flexibility index (Phi) is 4.36. The summed E-state index contributed by atoms with van der Waals surface area (Å²) in [6.07, 6.45) is 2.67. The van der Waals surface area contributed by atoms with Gasteiger partial charge in [0.15, 0.2) is 0 Å². The van der Waals surface area contributed by atoms with E-state index < -0.39 is 0 Å². The van der Waals surface area contributed by atoms with Crippen molar-refractivity contribution >= 4 is 23.5 Å². The van der Waals surface area contributed by atoms with Gasteiger partial charge < -0.3 is 4.74 Å². The van der Waals surface area contributed by atoms with Crippen LogP contribution in [0, 0.1) is 0 Å². The lowest BCUT2D eigenvalue weighted by Gasteiger charge is -2.32. The van der Waals surface area contributed by atoms with Crippen molar-refractivity contribution in [2.45, 2.75) is 18.1 Å². The molecule has 70 valence electrons. The molecule has 0 spiro atoms. The summed E-state index contributed by atoms with van der Waals surface area (Å²) in [7, 11) is 0. The summed E-state index contributed by atoms with van der Waals surface area (Å²) in [6, 6.07) is 0. The minimum absolute atomic E-state index is 0.436. The lowest BCUT2D eigenvalue weighted by atomic mass is 10.1. The standard InChI is InChI=1S/C9H16OS2/c1-3-10-5-4-9(2)8-11-6-7-12-9/h3H,1,4-8H2,2H3. The van der Waals surface area contributed by atoms with Crippen LogP contribution in [0.3, 0.4) is 0 Å². The summed E-state index contributed by atoms with van der Waals surface area (Å²) in [6.45, 7) is 6.67. The van der Waals surface area contributed by atoms with Crippen molar-refractivity contribution in [1.29, 1.82) is 0 Å². The maximum absolute atomic E-state index is 5.14. The molecule has 1 aliphatic heterocycles. The van der Waals surface area contributed by atoms with Gasteiger partial charge in [0.25, 0.3) is 0 Å². The van der Waals surface area contributed by atoms with Gasteiger partial charge in [-0.25, -0.2) is 0 Å². The number of thioether (sulfide) groups is 2. The van der Waals surface area contributed by atoms with Gasteiger partial charge >= 0.3 is 0 Å². The molecule has 1 unspecified atom stereocenters. The molecule has 0 saturated carbocycles. The molecule has 1 nitrogen and oxygen atoms in total. The molecule has 1 rings (SSSR count). The minimum Gasteiger partial charge on any atom is -0.502 e. The van der Waals surface area contributed by atoms with Crippen LogP contribution >= 0.6 is 23.5 Å². The Labute approximate surface area is 83.3 Å². The van der Waals surface area contributed by atoms with Crippen molar-refractivity contribution in [2.75, 3.05) is 23.9 Å². The van der Waals surface area contributed by atoms with Gasteiger partial charge in [-0.2, -0.15) is 23.5 Å². The first-order valence-corrected chi connectivity index (χ1v) is 6.35. The van der Waals surface area contributed by atoms with Gasteiger partial charge in [-0.15, -0.1) is 0 Å². The van der Waals surface area contributed by atoms with Crippen molar-refractivity contribution in [2.24, 2.45) is 0 Å². The van der Waals surface area contributed by atoms with Crippen molar-refractivity contribution in [3.8, 4) is 0 Å². The fraction of sp³-hybridized carbons (Fsp3) is 0.778. The summed E-state index contributed by atoms with van der Waals surface area (Å²) in [5, 5.41) is 0. The van der Waals surface area contributed by atoms with Gasteiger partial charge in [-0.3, -0.25) is 0 Å². The zero-order valence-corrected chi connectivity index (χ0v) is 9.18. The molecule has 1 fully saturated rings. The van der Waals surface area contributed by atoms with E-state index in [1.54, 1.807) is 0 Å². The SMILES string of the molecule is C=COCCC1(C)CSCCS1. The highest BCUT2D eigenvalue weighted by atomic mass is 32.2. The Balaban J connectivity index is 2.21. The number of ether oxygens (including phenoxy) is 1. The van der Waals surface area contributed by atoms with E-state index in [0.717, 1.165) is 13.0 Å². The fourth-order valence-electron chi connectivity index (χ4n) is 1.18. The molecule has 3 heteroatoms. The van der Waals surface area contributed by atoms with Gasteiger partial charge in [-0.1, -0.05) is 6.58 Å². The van der Waals surface area contributed by atoms with Crippen LogP contribution in [-0.4, -0.2) is 28.6 Å². The Morgan fingerprint density at radius 2 is 2.42 bits per heavy atom. The number of hydrogen-bond donors (Lipinski definition) is 0. The van der Waals surface area contributed by atoms with Crippen LogP contribution in [0.2, 0.25) is 0 Å². The van der Waals surface area contributed by atoms with E-state index in [1.165, 1.54) is 23.5 Å². The molecule has 0 aromatic rings. The van der Waals surface area contributed by atoms with Gasteiger partial charge in [0.05, 0.1) is 12.9 Å². The van der Waals surface area contributed by atoms with E-state index in [2.05, 4.69) is 37.0 Å². The number of rotatable bonds is 4. The molecule has 0 bridgehead atoms. The highest BCUT2D eigenvalue weighted by molar-refractivity contribution is 8.07. The first-order chi connectivity index (χ1) is 5.77. The molecule has 12 heavy (non-hydrogen) atoms. The van der Waals surface area contributed by atoms with Crippen molar-refractivity contribution in [3.05, 3.63) is 12.8 Å². The second-order valence-electron chi connectivity index (χ2n) is 3.14. The maximum atomic E-state index is 5.14. The van der Waals surface area contributed by atoms with Gasteiger partial charge in [0.2, 0.25) is 0 Å². The quantitative estimate of drug-likeness (QED) is 0.515. The van der Waals surface area contributed by atoms with Crippen molar-refractivity contribution < 1.29 is 4.74 Å². The molecule has 0 aromatic carbocycles. The summed E-state index contributed by atoms with van der Waals surface area (Å²) in [4.78, 5) is 0. The molecule has 1 atom stereocenters. The third-order valence-corrected chi connectivity index (χ3v) is 5.18. The van der Waals surface area contributed by atoms with E-state index in [1.807, 2.05) is 0 Å². The van der Waals surface area contributed by atoms with Gasteiger partial charge in [0, 0.05) is 22.0 Å². The predicted octanol–water partition coefficient (Wildman–Crippen LogP) is 2.78. The summed E-state index contributed by atoms with van der Waals surface area (Å²) in [5.41, 5.74) is 0. The van der Waals surface area contributed by atoms with Crippen LogP contribution in [-0.2, 0) is 4.74 Å². The first-order valence-electron chi connectivity index (χ1n) is 4.21. The molecule has 1 aliphatic rings. The van der Waals surface area contributed by atoms with Crippen LogP contribution in [0.4, 0.5) is 0 Å². The second-order valence-corrected chi connectivity index (χ2v) is 5.93. The average molecular weight is 204 g/mol. The van der Waals surface area contributed by atoms with Crippen LogP contribution in [0.5, 0.6) is 0 Å². The third kappa shape index (κ3) is 3.31. The third-order valence-electron chi connectivity index (χ3n) is 1.95. The normalized spacial score (nSPS) is 29.8. The van der Waals surface area contributed by atoms with Crippen LogP contribution in [0.25, 0.3) is 0 Å². The second kappa shape index (κ2) is 5.07. The monoisotopic (exact) mass is 204 g/mol. The minimum atomic E-state index is 0.436. The molecule has 0 aromatic heterocycles. The highest BCUT2D eigenvalue weighted by Crippen LogP contribution is 2.36. The van der Waals surface area contributed by atoms with Crippen molar-refractivity contribution in [3.63, 3.8) is 0 Å². The molecule has 0 amide bonds. The predicted molar refractivity (Wildman–Crippen MR) is 59.0 cm³/mol. The number of hydrogen-bond acceptors (Lipinski definition) is 3. The molecule has 0 radical (unpaired) electrons. The molecular formula is C9H16OS2. The maximum Gasteiger partial charge on any atom is 0.0886 e. The smallest absolute Gasteiger partial charge is 0.0886 e. The molecule has 1 heterocycles. The largest absolute Gasteiger partial charge is 0.502 e. The fourth-order valence-corrected chi connectivity index (χ4v) is 4.01. The van der Waals surface area contributed by atoms with Crippen LogP contribution in [0.1, 0.15) is 13.3 Å². The summed E-state index contributed by atoms with van der Waals surface area (Å²) >= 11 is 4.14. The molecule has 1 saturated heterocycles. The zero-order chi connectivity index (χ0) is 8.86. The first kappa shape index (κ1) is 10.3. The van der Waals surface area contributed by atoms with E-state index in [-0.39, 0.29) is 0 Å². The van der Waals surface area contributed by atoms with E-state index in [4.69, 9.17) is 4.74 Å². The van der Waals surface area contributed by atoms with E-state index in [0.29, 0.717) is 4.75 Å². The van der Waals surface area contributed by atoms with E-state index in [9.17, 15) is 0 Å². The molecular weight excluding hydrogens is 188 g/mol. The Morgan fingerprint density at radius 1 is 1.58 bits per heavy atom. The summed E-state index contributed by atoms with van der Waals surface area (Å²) < 4.78 is 5.58. The summed E-state index contributed by atoms with van der Waals surface area (Å²) in [5.74, 6) is 3.86. The van der Waals surface area contributed by atoms with Crippen LogP contribution < -0.4 is 0 Å².